The molecule has 2 aromatic rings. The minimum atomic E-state index is -0.157. The van der Waals surface area contributed by atoms with Gasteiger partial charge in [-0.05, 0) is 35.0 Å². The third-order valence-electron chi connectivity index (χ3n) is 2.46. The van der Waals surface area contributed by atoms with E-state index in [0.717, 1.165) is 5.69 Å². The number of carbonyl (C=O) groups excluding carboxylic acids is 1. The zero-order valence-corrected chi connectivity index (χ0v) is 11.2. The second-order valence-corrected chi connectivity index (χ2v) is 4.43. The lowest BCUT2D eigenvalue weighted by Gasteiger charge is -2.04. The van der Waals surface area contributed by atoms with Crippen LogP contribution in [0.3, 0.4) is 0 Å². The summed E-state index contributed by atoms with van der Waals surface area (Å²) in [4.78, 5) is 11.5. The fraction of sp³-hybridized carbons (Fsp3) is 0.167. The Labute approximate surface area is 108 Å². The Kier molecular flexibility index (Phi) is 3.28. The van der Waals surface area contributed by atoms with E-state index in [0.29, 0.717) is 10.2 Å². The smallest absolute Gasteiger partial charge is 0.255 e. The first-order valence-electron chi connectivity index (χ1n) is 5.16. The SMILES string of the molecule is CNC(=O)c1cnn(-c2ccc(C)cc2)c1Br. The van der Waals surface area contributed by atoms with Crippen LogP contribution >= 0.6 is 15.9 Å². The number of aryl methyl sites for hydroxylation is 1. The number of nitrogens with one attached hydrogen (secondary N) is 1. The van der Waals surface area contributed by atoms with Crippen LogP contribution in [0.5, 0.6) is 0 Å². The van der Waals surface area contributed by atoms with Crippen molar-refractivity contribution < 1.29 is 4.79 Å². The molecule has 4 nitrogen and oxygen atoms in total. The molecule has 0 fully saturated rings. The number of nitrogens with zero attached hydrogens (tertiary/aromatic N) is 2. The summed E-state index contributed by atoms with van der Waals surface area (Å²) in [5.74, 6) is -0.157. The Morgan fingerprint density at radius 3 is 2.59 bits per heavy atom. The predicted molar refractivity (Wildman–Crippen MR) is 69.4 cm³/mol. The minimum absolute atomic E-state index is 0.157. The van der Waals surface area contributed by atoms with Crippen LogP contribution in [0.2, 0.25) is 0 Å². The van der Waals surface area contributed by atoms with Gasteiger partial charge in [-0.25, -0.2) is 4.68 Å². The summed E-state index contributed by atoms with van der Waals surface area (Å²) in [5.41, 5.74) is 2.62. The minimum Gasteiger partial charge on any atom is -0.355 e. The summed E-state index contributed by atoms with van der Waals surface area (Å²) in [6.07, 6.45) is 1.54. The molecule has 1 N–H and O–H groups in total. The fourth-order valence-electron chi connectivity index (χ4n) is 1.49. The molecule has 0 unspecified atom stereocenters. The Bertz CT molecular complexity index is 545. The van der Waals surface area contributed by atoms with E-state index in [4.69, 9.17) is 0 Å². The molecule has 1 aromatic heterocycles. The van der Waals surface area contributed by atoms with Crippen LogP contribution in [0.15, 0.2) is 35.1 Å². The highest BCUT2D eigenvalue weighted by molar-refractivity contribution is 9.10. The van der Waals surface area contributed by atoms with Crippen LogP contribution in [0.4, 0.5) is 0 Å². The molecular formula is C12H12BrN3O. The highest BCUT2D eigenvalue weighted by Gasteiger charge is 2.14. The van der Waals surface area contributed by atoms with Gasteiger partial charge in [0.1, 0.15) is 4.60 Å². The van der Waals surface area contributed by atoms with Crippen molar-refractivity contribution in [1.82, 2.24) is 15.1 Å². The molecule has 0 saturated carbocycles. The second kappa shape index (κ2) is 4.71. The summed E-state index contributed by atoms with van der Waals surface area (Å²) in [6.45, 7) is 2.03. The third kappa shape index (κ3) is 2.24. The van der Waals surface area contributed by atoms with Crippen molar-refractivity contribution in [2.75, 3.05) is 7.05 Å². The average molecular weight is 294 g/mol. The first kappa shape index (κ1) is 11.9. The second-order valence-electron chi connectivity index (χ2n) is 3.68. The molecule has 1 aromatic carbocycles. The molecule has 0 aliphatic rings. The van der Waals surface area contributed by atoms with Gasteiger partial charge in [0.2, 0.25) is 0 Å². The monoisotopic (exact) mass is 293 g/mol. The summed E-state index contributed by atoms with van der Waals surface area (Å²) >= 11 is 3.39. The molecule has 0 aliphatic heterocycles. The van der Waals surface area contributed by atoms with Gasteiger partial charge in [0.25, 0.3) is 5.91 Å². The normalized spacial score (nSPS) is 10.3. The molecule has 0 spiro atoms. The van der Waals surface area contributed by atoms with Gasteiger partial charge in [0.15, 0.2) is 0 Å². The van der Waals surface area contributed by atoms with Crippen molar-refractivity contribution in [2.45, 2.75) is 6.92 Å². The van der Waals surface area contributed by atoms with Crippen LogP contribution in [0.1, 0.15) is 15.9 Å². The summed E-state index contributed by atoms with van der Waals surface area (Å²) in [6, 6.07) is 7.92. The maximum Gasteiger partial charge on any atom is 0.255 e. The summed E-state index contributed by atoms with van der Waals surface area (Å²) in [5, 5.41) is 6.77. The molecule has 17 heavy (non-hydrogen) atoms. The fourth-order valence-corrected chi connectivity index (χ4v) is 2.07. The Morgan fingerprint density at radius 2 is 2.00 bits per heavy atom. The number of benzene rings is 1. The highest BCUT2D eigenvalue weighted by Crippen LogP contribution is 2.20. The van der Waals surface area contributed by atoms with Crippen molar-refractivity contribution in [2.24, 2.45) is 0 Å². The van der Waals surface area contributed by atoms with Crippen LogP contribution in [-0.4, -0.2) is 22.7 Å². The Hall–Kier alpha value is -1.62. The summed E-state index contributed by atoms with van der Waals surface area (Å²) in [7, 11) is 1.60. The van der Waals surface area contributed by atoms with Gasteiger partial charge in [0, 0.05) is 7.05 Å². The topological polar surface area (TPSA) is 46.9 Å². The number of carbonyl (C=O) groups is 1. The lowest BCUT2D eigenvalue weighted by atomic mass is 10.2. The zero-order valence-electron chi connectivity index (χ0n) is 9.57. The molecule has 0 atom stereocenters. The van der Waals surface area contributed by atoms with Crippen molar-refractivity contribution in [3.8, 4) is 5.69 Å². The molecule has 1 amide bonds. The van der Waals surface area contributed by atoms with Gasteiger partial charge in [-0.1, -0.05) is 17.7 Å². The van der Waals surface area contributed by atoms with Crippen molar-refractivity contribution >= 4 is 21.8 Å². The van der Waals surface area contributed by atoms with E-state index in [1.165, 1.54) is 5.56 Å². The van der Waals surface area contributed by atoms with Gasteiger partial charge in [0.05, 0.1) is 17.4 Å². The van der Waals surface area contributed by atoms with Gasteiger partial charge >= 0.3 is 0 Å². The average Bonchev–Trinajstić information content (AvgIpc) is 2.71. The van der Waals surface area contributed by atoms with E-state index in [9.17, 15) is 4.79 Å². The predicted octanol–water partition coefficient (Wildman–Crippen LogP) is 2.30. The molecule has 2 rings (SSSR count). The maximum atomic E-state index is 11.5. The van der Waals surface area contributed by atoms with Gasteiger partial charge in [-0.3, -0.25) is 4.79 Å². The molecule has 0 radical (unpaired) electrons. The van der Waals surface area contributed by atoms with E-state index in [-0.39, 0.29) is 5.91 Å². The van der Waals surface area contributed by atoms with Gasteiger partial charge in [-0.2, -0.15) is 5.10 Å². The van der Waals surface area contributed by atoms with Crippen LogP contribution in [0.25, 0.3) is 5.69 Å². The van der Waals surface area contributed by atoms with Crippen molar-refractivity contribution in [1.29, 1.82) is 0 Å². The molecule has 5 heteroatoms. The number of hydrogen-bond donors (Lipinski definition) is 1. The van der Waals surface area contributed by atoms with Crippen LogP contribution in [-0.2, 0) is 0 Å². The standard InChI is InChI=1S/C12H12BrN3O/c1-8-3-5-9(6-4-8)16-11(13)10(7-15-16)12(17)14-2/h3-7H,1-2H3,(H,14,17). The third-order valence-corrected chi connectivity index (χ3v) is 3.22. The summed E-state index contributed by atoms with van der Waals surface area (Å²) < 4.78 is 2.34. The van der Waals surface area contributed by atoms with Crippen LogP contribution < -0.4 is 5.32 Å². The lowest BCUT2D eigenvalue weighted by Crippen LogP contribution is -2.17. The molecule has 0 saturated heterocycles. The molecular weight excluding hydrogens is 282 g/mol. The number of hydrogen-bond acceptors (Lipinski definition) is 2. The number of aromatic nitrogens is 2. The van der Waals surface area contributed by atoms with E-state index in [2.05, 4.69) is 26.3 Å². The van der Waals surface area contributed by atoms with E-state index >= 15 is 0 Å². The first-order valence-corrected chi connectivity index (χ1v) is 5.95. The van der Waals surface area contributed by atoms with Gasteiger partial charge in [-0.15, -0.1) is 0 Å². The van der Waals surface area contributed by atoms with Gasteiger partial charge < -0.3 is 5.32 Å². The number of halogens is 1. The highest BCUT2D eigenvalue weighted by atomic mass is 79.9. The van der Waals surface area contributed by atoms with E-state index in [1.54, 1.807) is 17.9 Å². The van der Waals surface area contributed by atoms with E-state index in [1.807, 2.05) is 31.2 Å². The molecule has 1 heterocycles. The first-order chi connectivity index (χ1) is 8.13. The Morgan fingerprint density at radius 1 is 1.35 bits per heavy atom. The van der Waals surface area contributed by atoms with Crippen LogP contribution in [0, 0.1) is 6.92 Å². The molecule has 88 valence electrons. The van der Waals surface area contributed by atoms with Crippen molar-refractivity contribution in [3.05, 3.63) is 46.2 Å². The lowest BCUT2D eigenvalue weighted by molar-refractivity contribution is 0.0962. The molecule has 0 bridgehead atoms. The quantitative estimate of drug-likeness (QED) is 0.924. The Balaban J connectivity index is 2.44. The molecule has 0 aliphatic carbocycles. The maximum absolute atomic E-state index is 11.5. The number of rotatable bonds is 2. The van der Waals surface area contributed by atoms with E-state index < -0.39 is 0 Å². The number of amides is 1. The zero-order chi connectivity index (χ0) is 12.4. The largest absolute Gasteiger partial charge is 0.355 e. The van der Waals surface area contributed by atoms with Crippen molar-refractivity contribution in [3.63, 3.8) is 0 Å².